The lowest BCUT2D eigenvalue weighted by molar-refractivity contribution is 0.282. The Hall–Kier alpha value is -0.900. The van der Waals surface area contributed by atoms with Gasteiger partial charge in [0.2, 0.25) is 0 Å². The van der Waals surface area contributed by atoms with Gasteiger partial charge in [0.05, 0.1) is 0 Å². The lowest BCUT2D eigenvalue weighted by Crippen LogP contribution is -2.30. The van der Waals surface area contributed by atoms with Crippen LogP contribution in [0.15, 0.2) is 18.2 Å². The molecule has 0 spiro atoms. The summed E-state index contributed by atoms with van der Waals surface area (Å²) >= 11 is 0. The van der Waals surface area contributed by atoms with Crippen molar-refractivity contribution in [2.45, 2.75) is 39.2 Å². The Bertz CT molecular complexity index is 332. The molecule has 1 aromatic rings. The van der Waals surface area contributed by atoms with Crippen molar-refractivity contribution < 1.29 is 5.11 Å². The molecule has 1 unspecified atom stereocenters. The summed E-state index contributed by atoms with van der Waals surface area (Å²) in [5, 5.41) is 12.3. The summed E-state index contributed by atoms with van der Waals surface area (Å²) in [6, 6.07) is 6.60. The topological polar surface area (TPSA) is 58.3 Å². The molecule has 0 amide bonds. The largest absolute Gasteiger partial charge is 0.396 e. The molecule has 4 N–H and O–H groups in total. The summed E-state index contributed by atoms with van der Waals surface area (Å²) in [4.78, 5) is 0. The van der Waals surface area contributed by atoms with E-state index in [0.29, 0.717) is 6.54 Å². The van der Waals surface area contributed by atoms with E-state index in [0.717, 1.165) is 25.8 Å². The molecule has 0 radical (unpaired) electrons. The van der Waals surface area contributed by atoms with Gasteiger partial charge in [-0.1, -0.05) is 18.2 Å². The standard InChI is InChI=1S/C15H26N2O/c1-12-7-6-8-13(2)15(12)14(11-16)17-9-4-3-5-10-18/h6-8,14,17-18H,3-5,9-11,16H2,1-2H3. The summed E-state index contributed by atoms with van der Waals surface area (Å²) in [6.45, 7) is 6.13. The SMILES string of the molecule is Cc1cccc(C)c1C(CN)NCCCCCO. The molecule has 0 bridgehead atoms. The molecular weight excluding hydrogens is 224 g/mol. The quantitative estimate of drug-likeness (QED) is 0.619. The van der Waals surface area contributed by atoms with Crippen LogP contribution in [0.5, 0.6) is 0 Å². The zero-order valence-electron chi connectivity index (χ0n) is 11.6. The third-order valence-corrected chi connectivity index (χ3v) is 3.35. The van der Waals surface area contributed by atoms with E-state index in [4.69, 9.17) is 10.8 Å². The maximum absolute atomic E-state index is 8.73. The minimum atomic E-state index is 0.236. The summed E-state index contributed by atoms with van der Waals surface area (Å²) in [5.74, 6) is 0. The average molecular weight is 250 g/mol. The lowest BCUT2D eigenvalue weighted by Gasteiger charge is -2.21. The number of hydrogen-bond donors (Lipinski definition) is 3. The monoisotopic (exact) mass is 250 g/mol. The number of aliphatic hydroxyl groups is 1. The third kappa shape index (κ3) is 4.41. The number of nitrogens with one attached hydrogen (secondary N) is 1. The van der Waals surface area contributed by atoms with E-state index in [9.17, 15) is 0 Å². The molecule has 1 rings (SSSR count). The van der Waals surface area contributed by atoms with Crippen LogP contribution in [0.25, 0.3) is 0 Å². The Kier molecular flexibility index (Phi) is 6.94. The molecule has 0 saturated carbocycles. The molecule has 0 aromatic heterocycles. The van der Waals surface area contributed by atoms with Gasteiger partial charge in [0.25, 0.3) is 0 Å². The highest BCUT2D eigenvalue weighted by Gasteiger charge is 2.13. The molecule has 18 heavy (non-hydrogen) atoms. The van der Waals surface area contributed by atoms with Crippen molar-refractivity contribution >= 4 is 0 Å². The fourth-order valence-corrected chi connectivity index (χ4v) is 2.37. The summed E-state index contributed by atoms with van der Waals surface area (Å²) in [6.07, 6.45) is 3.04. The first kappa shape index (κ1) is 15.2. The smallest absolute Gasteiger partial charge is 0.0449 e. The molecule has 0 heterocycles. The van der Waals surface area contributed by atoms with E-state index in [1.165, 1.54) is 16.7 Å². The van der Waals surface area contributed by atoms with Crippen molar-refractivity contribution in [1.82, 2.24) is 5.32 Å². The highest BCUT2D eigenvalue weighted by Crippen LogP contribution is 2.21. The molecule has 0 aliphatic carbocycles. The molecule has 102 valence electrons. The Morgan fingerprint density at radius 2 is 1.83 bits per heavy atom. The predicted molar refractivity (Wildman–Crippen MR) is 76.7 cm³/mol. The first-order valence-electron chi connectivity index (χ1n) is 6.81. The number of rotatable bonds is 8. The second-order valence-electron chi connectivity index (χ2n) is 4.83. The molecule has 0 saturated heterocycles. The van der Waals surface area contributed by atoms with Gasteiger partial charge in [-0.05, 0) is 56.3 Å². The van der Waals surface area contributed by atoms with Gasteiger partial charge in [-0.3, -0.25) is 0 Å². The molecule has 3 nitrogen and oxygen atoms in total. The number of aryl methyl sites for hydroxylation is 2. The van der Waals surface area contributed by atoms with Crippen LogP contribution in [-0.4, -0.2) is 24.8 Å². The van der Waals surface area contributed by atoms with Gasteiger partial charge < -0.3 is 16.2 Å². The summed E-state index contributed by atoms with van der Waals surface area (Å²) in [7, 11) is 0. The summed E-state index contributed by atoms with van der Waals surface area (Å²) in [5.41, 5.74) is 9.82. The van der Waals surface area contributed by atoms with E-state index < -0.39 is 0 Å². The normalized spacial score (nSPS) is 12.7. The Labute approximate surface area is 110 Å². The van der Waals surface area contributed by atoms with Crippen LogP contribution >= 0.6 is 0 Å². The predicted octanol–water partition coefficient (Wildman–Crippen LogP) is 2.06. The minimum Gasteiger partial charge on any atom is -0.396 e. The van der Waals surface area contributed by atoms with Crippen LogP contribution in [-0.2, 0) is 0 Å². The van der Waals surface area contributed by atoms with Crippen molar-refractivity contribution in [3.8, 4) is 0 Å². The van der Waals surface area contributed by atoms with Crippen LogP contribution < -0.4 is 11.1 Å². The molecule has 0 aliphatic rings. The van der Waals surface area contributed by atoms with E-state index in [2.05, 4.69) is 37.4 Å². The zero-order chi connectivity index (χ0) is 13.4. The lowest BCUT2D eigenvalue weighted by atomic mass is 9.96. The van der Waals surface area contributed by atoms with Gasteiger partial charge in [0.1, 0.15) is 0 Å². The van der Waals surface area contributed by atoms with Gasteiger partial charge in [0, 0.05) is 19.2 Å². The molecular formula is C15H26N2O. The van der Waals surface area contributed by atoms with Crippen LogP contribution in [0.2, 0.25) is 0 Å². The molecule has 0 fully saturated rings. The highest BCUT2D eigenvalue weighted by atomic mass is 16.2. The van der Waals surface area contributed by atoms with Gasteiger partial charge in [0.15, 0.2) is 0 Å². The van der Waals surface area contributed by atoms with Crippen molar-refractivity contribution in [3.05, 3.63) is 34.9 Å². The van der Waals surface area contributed by atoms with E-state index >= 15 is 0 Å². The van der Waals surface area contributed by atoms with Crippen molar-refractivity contribution in [1.29, 1.82) is 0 Å². The average Bonchev–Trinajstić information content (AvgIpc) is 2.36. The molecule has 1 atom stereocenters. The zero-order valence-corrected chi connectivity index (χ0v) is 11.6. The highest BCUT2D eigenvalue weighted by molar-refractivity contribution is 5.36. The number of nitrogens with two attached hydrogens (primary N) is 1. The van der Waals surface area contributed by atoms with Crippen LogP contribution in [0, 0.1) is 13.8 Å². The molecule has 1 aromatic carbocycles. The van der Waals surface area contributed by atoms with Gasteiger partial charge >= 0.3 is 0 Å². The van der Waals surface area contributed by atoms with Crippen molar-refractivity contribution in [2.75, 3.05) is 19.7 Å². The number of unbranched alkanes of at least 4 members (excludes halogenated alkanes) is 2. The Balaban J connectivity index is 2.55. The van der Waals surface area contributed by atoms with Crippen LogP contribution in [0.1, 0.15) is 42.0 Å². The van der Waals surface area contributed by atoms with Gasteiger partial charge in [-0.15, -0.1) is 0 Å². The van der Waals surface area contributed by atoms with E-state index in [-0.39, 0.29) is 12.6 Å². The first-order chi connectivity index (χ1) is 8.70. The van der Waals surface area contributed by atoms with Gasteiger partial charge in [-0.25, -0.2) is 0 Å². The maximum atomic E-state index is 8.73. The molecule has 0 aliphatic heterocycles. The fraction of sp³-hybridized carbons (Fsp3) is 0.600. The second kappa shape index (κ2) is 8.25. The second-order valence-corrected chi connectivity index (χ2v) is 4.83. The number of benzene rings is 1. The van der Waals surface area contributed by atoms with E-state index in [1.54, 1.807) is 0 Å². The minimum absolute atomic E-state index is 0.236. The Morgan fingerprint density at radius 3 is 2.39 bits per heavy atom. The van der Waals surface area contributed by atoms with Crippen molar-refractivity contribution in [2.24, 2.45) is 5.73 Å². The number of aliphatic hydroxyl groups excluding tert-OH is 1. The van der Waals surface area contributed by atoms with Crippen LogP contribution in [0.3, 0.4) is 0 Å². The number of hydrogen-bond acceptors (Lipinski definition) is 3. The first-order valence-corrected chi connectivity index (χ1v) is 6.81. The van der Waals surface area contributed by atoms with Gasteiger partial charge in [-0.2, -0.15) is 0 Å². The summed E-state index contributed by atoms with van der Waals surface area (Å²) < 4.78 is 0. The fourth-order valence-electron chi connectivity index (χ4n) is 2.37. The maximum Gasteiger partial charge on any atom is 0.0449 e. The van der Waals surface area contributed by atoms with E-state index in [1.807, 2.05) is 0 Å². The molecule has 3 heteroatoms. The third-order valence-electron chi connectivity index (χ3n) is 3.35. The van der Waals surface area contributed by atoms with Crippen LogP contribution in [0.4, 0.5) is 0 Å². The Morgan fingerprint density at radius 1 is 1.17 bits per heavy atom. The van der Waals surface area contributed by atoms with Crippen molar-refractivity contribution in [3.63, 3.8) is 0 Å².